The van der Waals surface area contributed by atoms with Gasteiger partial charge in [-0.3, -0.25) is 4.72 Å². The Morgan fingerprint density at radius 2 is 1.88 bits per heavy atom. The number of aryl methyl sites for hydroxylation is 1. The fourth-order valence-electron chi connectivity index (χ4n) is 2.23. The highest BCUT2D eigenvalue weighted by Crippen LogP contribution is 2.30. The van der Waals surface area contributed by atoms with Crippen LogP contribution in [0.1, 0.15) is 0 Å². The van der Waals surface area contributed by atoms with Gasteiger partial charge in [-0.25, -0.2) is 13.1 Å². The summed E-state index contributed by atoms with van der Waals surface area (Å²) in [4.78, 5) is -0.00146. The number of methoxy groups -OCH3 is 1. The van der Waals surface area contributed by atoms with Gasteiger partial charge in [-0.2, -0.15) is 0 Å². The second-order valence-corrected chi connectivity index (χ2v) is 7.67. The summed E-state index contributed by atoms with van der Waals surface area (Å²) in [5, 5.41) is 11.2. The summed E-state index contributed by atoms with van der Waals surface area (Å²) < 4.78 is 35.7. The molecule has 0 radical (unpaired) electrons. The number of aromatic nitrogens is 4. The van der Waals surface area contributed by atoms with Crippen LogP contribution < -0.4 is 9.46 Å². The maximum Gasteiger partial charge on any atom is 0.265 e. The van der Waals surface area contributed by atoms with Crippen LogP contribution in [0.5, 0.6) is 5.75 Å². The van der Waals surface area contributed by atoms with Crippen LogP contribution in [0.4, 0.5) is 5.69 Å². The van der Waals surface area contributed by atoms with Crippen molar-refractivity contribution in [3.63, 3.8) is 0 Å². The van der Waals surface area contributed by atoms with Crippen LogP contribution in [-0.2, 0) is 17.1 Å². The maximum atomic E-state index is 12.8. The molecule has 0 saturated heterocycles. The molecule has 10 heteroatoms. The van der Waals surface area contributed by atoms with Crippen molar-refractivity contribution in [1.82, 2.24) is 20.2 Å². The summed E-state index contributed by atoms with van der Waals surface area (Å²) in [6, 6.07) is 11.6. The molecule has 0 fully saturated rings. The van der Waals surface area contributed by atoms with Gasteiger partial charge in [0.25, 0.3) is 10.0 Å². The summed E-state index contributed by atoms with van der Waals surface area (Å²) >= 11 is 3.31. The van der Waals surface area contributed by atoms with Crippen molar-refractivity contribution in [3.05, 3.63) is 46.9 Å². The van der Waals surface area contributed by atoms with Gasteiger partial charge >= 0.3 is 0 Å². The normalized spacial score (nSPS) is 11.3. The van der Waals surface area contributed by atoms with Crippen molar-refractivity contribution in [2.45, 2.75) is 4.90 Å². The molecule has 0 aliphatic rings. The van der Waals surface area contributed by atoms with Crippen molar-refractivity contribution in [2.24, 2.45) is 7.05 Å². The molecule has 0 bridgehead atoms. The Bertz CT molecular complexity index is 1000. The number of ether oxygens (including phenoxy) is 1. The molecule has 8 nitrogen and oxygen atoms in total. The van der Waals surface area contributed by atoms with Gasteiger partial charge in [0, 0.05) is 22.8 Å². The Labute approximate surface area is 153 Å². The first kappa shape index (κ1) is 17.4. The van der Waals surface area contributed by atoms with Gasteiger partial charge in [-0.15, -0.1) is 5.10 Å². The standard InChI is InChI=1S/C15H14BrN5O3S/c1-21-15(17-19-20-21)10-3-8-13(24-2)14(9-10)25(22,23)18-12-6-4-11(16)5-7-12/h3-9,18H,1-2H3. The van der Waals surface area contributed by atoms with Gasteiger partial charge in [0.1, 0.15) is 10.6 Å². The van der Waals surface area contributed by atoms with E-state index in [9.17, 15) is 8.42 Å². The molecule has 1 N–H and O–H groups in total. The van der Waals surface area contributed by atoms with Gasteiger partial charge in [-0.1, -0.05) is 15.9 Å². The van der Waals surface area contributed by atoms with E-state index in [0.717, 1.165) is 4.47 Å². The number of sulfonamides is 1. The third kappa shape index (κ3) is 3.64. The van der Waals surface area contributed by atoms with Crippen LogP contribution in [-0.4, -0.2) is 35.7 Å². The largest absolute Gasteiger partial charge is 0.495 e. The zero-order valence-electron chi connectivity index (χ0n) is 13.3. The first-order valence-corrected chi connectivity index (χ1v) is 9.37. The fourth-order valence-corrected chi connectivity index (χ4v) is 3.75. The molecule has 0 amide bonds. The molecule has 0 saturated carbocycles. The highest BCUT2D eigenvalue weighted by atomic mass is 79.9. The number of hydrogen-bond acceptors (Lipinski definition) is 6. The predicted octanol–water partition coefficient (Wildman–Crippen LogP) is 2.45. The Kier molecular flexibility index (Phi) is 4.73. The highest BCUT2D eigenvalue weighted by Gasteiger charge is 2.22. The molecule has 0 aliphatic heterocycles. The zero-order valence-corrected chi connectivity index (χ0v) is 15.7. The van der Waals surface area contributed by atoms with Gasteiger partial charge in [0.2, 0.25) is 0 Å². The SMILES string of the molecule is COc1ccc(-c2nnnn2C)cc1S(=O)(=O)Nc1ccc(Br)cc1. The lowest BCUT2D eigenvalue weighted by Crippen LogP contribution is -2.14. The number of tetrazole rings is 1. The van der Waals surface area contributed by atoms with Crippen LogP contribution >= 0.6 is 15.9 Å². The molecule has 3 aromatic rings. The maximum absolute atomic E-state index is 12.8. The third-order valence-electron chi connectivity index (χ3n) is 3.43. The first-order valence-electron chi connectivity index (χ1n) is 7.10. The van der Waals surface area contributed by atoms with Gasteiger partial charge in [0.05, 0.1) is 7.11 Å². The molecule has 0 unspecified atom stereocenters. The Balaban J connectivity index is 2.04. The number of rotatable bonds is 5. The average molecular weight is 424 g/mol. The molecule has 1 aromatic heterocycles. The van der Waals surface area contributed by atoms with Crippen molar-refractivity contribution < 1.29 is 13.2 Å². The van der Waals surface area contributed by atoms with Gasteiger partial charge in [0.15, 0.2) is 5.82 Å². The molecule has 130 valence electrons. The molecule has 25 heavy (non-hydrogen) atoms. The van der Waals surface area contributed by atoms with E-state index in [0.29, 0.717) is 17.1 Å². The van der Waals surface area contributed by atoms with E-state index in [1.165, 1.54) is 17.9 Å². The Morgan fingerprint density at radius 1 is 1.16 bits per heavy atom. The Hall–Kier alpha value is -2.46. The molecule has 0 aliphatic carbocycles. The minimum absolute atomic E-state index is 0.00146. The van der Waals surface area contributed by atoms with Crippen molar-refractivity contribution in [3.8, 4) is 17.1 Å². The number of nitrogens with one attached hydrogen (secondary N) is 1. The number of anilines is 1. The summed E-state index contributed by atoms with van der Waals surface area (Å²) in [6.07, 6.45) is 0. The van der Waals surface area contributed by atoms with Crippen LogP contribution in [0.3, 0.4) is 0 Å². The quantitative estimate of drug-likeness (QED) is 0.676. The minimum atomic E-state index is -3.86. The lowest BCUT2D eigenvalue weighted by molar-refractivity contribution is 0.403. The molecular formula is C15H14BrN5O3S. The minimum Gasteiger partial charge on any atom is -0.495 e. The van der Waals surface area contributed by atoms with Crippen LogP contribution in [0.15, 0.2) is 51.8 Å². The second kappa shape index (κ2) is 6.81. The molecule has 2 aromatic carbocycles. The number of benzene rings is 2. The van der Waals surface area contributed by atoms with E-state index in [1.807, 2.05) is 0 Å². The number of hydrogen-bond donors (Lipinski definition) is 1. The van der Waals surface area contributed by atoms with Crippen LogP contribution in [0.25, 0.3) is 11.4 Å². The fraction of sp³-hybridized carbons (Fsp3) is 0.133. The monoisotopic (exact) mass is 423 g/mol. The average Bonchev–Trinajstić information content (AvgIpc) is 3.02. The molecule has 0 spiro atoms. The molecule has 1 heterocycles. The van der Waals surface area contributed by atoms with Crippen LogP contribution in [0, 0.1) is 0 Å². The van der Waals surface area contributed by atoms with Gasteiger partial charge in [-0.05, 0) is 52.9 Å². The predicted molar refractivity (Wildman–Crippen MR) is 95.7 cm³/mol. The highest BCUT2D eigenvalue weighted by molar-refractivity contribution is 9.10. The first-order chi connectivity index (χ1) is 11.9. The van der Waals surface area contributed by atoms with Gasteiger partial charge < -0.3 is 4.74 Å². The molecular weight excluding hydrogens is 410 g/mol. The van der Waals surface area contributed by atoms with E-state index in [1.54, 1.807) is 43.4 Å². The molecule has 3 rings (SSSR count). The third-order valence-corrected chi connectivity index (χ3v) is 5.36. The van der Waals surface area contributed by atoms with Crippen molar-refractivity contribution in [2.75, 3.05) is 11.8 Å². The lowest BCUT2D eigenvalue weighted by Gasteiger charge is -2.13. The number of nitrogens with zero attached hydrogens (tertiary/aromatic N) is 4. The summed E-state index contributed by atoms with van der Waals surface area (Å²) in [6.45, 7) is 0. The Morgan fingerprint density at radius 3 is 2.48 bits per heavy atom. The van der Waals surface area contributed by atoms with E-state index >= 15 is 0 Å². The lowest BCUT2D eigenvalue weighted by atomic mass is 10.2. The van der Waals surface area contributed by atoms with Crippen molar-refractivity contribution >= 4 is 31.6 Å². The second-order valence-electron chi connectivity index (χ2n) is 5.10. The topological polar surface area (TPSA) is 99.0 Å². The van der Waals surface area contributed by atoms with E-state index in [2.05, 4.69) is 36.2 Å². The van der Waals surface area contributed by atoms with Crippen LogP contribution in [0.2, 0.25) is 0 Å². The van der Waals surface area contributed by atoms with E-state index < -0.39 is 10.0 Å². The zero-order chi connectivity index (χ0) is 18.0. The van der Waals surface area contributed by atoms with Crippen molar-refractivity contribution in [1.29, 1.82) is 0 Å². The molecule has 0 atom stereocenters. The summed E-state index contributed by atoms with van der Waals surface area (Å²) in [5.74, 6) is 0.672. The summed E-state index contributed by atoms with van der Waals surface area (Å²) in [7, 11) is -0.775. The number of halogens is 1. The van der Waals surface area contributed by atoms with E-state index in [4.69, 9.17) is 4.74 Å². The van der Waals surface area contributed by atoms with E-state index in [-0.39, 0.29) is 10.6 Å². The summed E-state index contributed by atoms with van der Waals surface area (Å²) in [5.41, 5.74) is 1.00. The smallest absolute Gasteiger partial charge is 0.265 e.